The third-order valence-electron chi connectivity index (χ3n) is 4.48. The molecule has 23 heavy (non-hydrogen) atoms. The lowest BCUT2D eigenvalue weighted by atomic mass is 9.84. The van der Waals surface area contributed by atoms with Crippen LogP contribution in [-0.4, -0.2) is 23.3 Å². The number of hydrogen-bond donors (Lipinski definition) is 1. The highest BCUT2D eigenvalue weighted by Crippen LogP contribution is 2.38. The van der Waals surface area contributed by atoms with Gasteiger partial charge >= 0.3 is 0 Å². The number of ether oxygens (including phenoxy) is 2. The third-order valence-corrected chi connectivity index (χ3v) is 4.48. The molecule has 2 aliphatic rings. The van der Waals surface area contributed by atoms with Crippen LogP contribution in [0, 0.1) is 0 Å². The Balaban J connectivity index is 1.47. The van der Waals surface area contributed by atoms with E-state index in [1.165, 1.54) is 18.4 Å². The van der Waals surface area contributed by atoms with Crippen LogP contribution in [-0.2, 0) is 5.41 Å². The number of anilines is 1. The van der Waals surface area contributed by atoms with Crippen molar-refractivity contribution < 1.29 is 9.47 Å². The second-order valence-corrected chi connectivity index (χ2v) is 6.88. The maximum absolute atomic E-state index is 5.48. The molecular formula is C18H21N3O2. The minimum absolute atomic E-state index is 0.0499. The van der Waals surface area contributed by atoms with E-state index in [0.717, 1.165) is 29.7 Å². The molecule has 0 atom stereocenters. The van der Waals surface area contributed by atoms with Gasteiger partial charge in [0.2, 0.25) is 6.79 Å². The molecule has 2 aromatic rings. The third kappa shape index (κ3) is 2.96. The zero-order valence-corrected chi connectivity index (χ0v) is 13.5. The van der Waals surface area contributed by atoms with E-state index < -0.39 is 0 Å². The van der Waals surface area contributed by atoms with Gasteiger partial charge in [-0.05, 0) is 36.6 Å². The molecule has 1 aliphatic heterocycles. The lowest BCUT2D eigenvalue weighted by molar-refractivity contribution is 0.174. The highest BCUT2D eigenvalue weighted by molar-refractivity contribution is 5.47. The predicted molar refractivity (Wildman–Crippen MR) is 88.1 cm³/mol. The number of nitrogens with zero attached hydrogens (tertiary/aromatic N) is 2. The van der Waals surface area contributed by atoms with Crippen LogP contribution in [0.1, 0.15) is 44.0 Å². The summed E-state index contributed by atoms with van der Waals surface area (Å²) >= 11 is 0. The fourth-order valence-corrected chi connectivity index (χ4v) is 2.74. The molecule has 1 aromatic carbocycles. The molecule has 5 heteroatoms. The van der Waals surface area contributed by atoms with E-state index in [-0.39, 0.29) is 5.41 Å². The van der Waals surface area contributed by atoms with Gasteiger partial charge in [0.25, 0.3) is 0 Å². The monoisotopic (exact) mass is 311 g/mol. The molecule has 0 amide bonds. The molecule has 1 aliphatic carbocycles. The van der Waals surface area contributed by atoms with Gasteiger partial charge in [0, 0.05) is 24.1 Å². The average molecular weight is 311 g/mol. The van der Waals surface area contributed by atoms with E-state index >= 15 is 0 Å². The van der Waals surface area contributed by atoms with E-state index in [0.29, 0.717) is 12.7 Å². The van der Waals surface area contributed by atoms with Crippen molar-refractivity contribution in [2.24, 2.45) is 0 Å². The summed E-state index contributed by atoms with van der Waals surface area (Å²) in [6.45, 7) is 5.51. The molecule has 4 rings (SSSR count). The first-order valence-electron chi connectivity index (χ1n) is 8.09. The molecule has 1 aromatic heterocycles. The van der Waals surface area contributed by atoms with Crippen LogP contribution in [0.5, 0.6) is 11.5 Å². The van der Waals surface area contributed by atoms with Crippen molar-refractivity contribution in [2.45, 2.75) is 38.0 Å². The number of fused-ring (bicyclic) bond motifs is 1. The molecule has 2 heterocycles. The number of nitrogens with one attached hydrogen (secondary N) is 1. The van der Waals surface area contributed by atoms with Gasteiger partial charge in [-0.2, -0.15) is 0 Å². The fraction of sp³-hybridized carbons (Fsp3) is 0.444. The van der Waals surface area contributed by atoms with Crippen molar-refractivity contribution in [3.63, 3.8) is 0 Å². The molecule has 0 bridgehead atoms. The summed E-state index contributed by atoms with van der Waals surface area (Å²) in [5, 5.41) is 3.45. The van der Waals surface area contributed by atoms with E-state index in [1.54, 1.807) is 0 Å². The maximum Gasteiger partial charge on any atom is 0.231 e. The molecule has 0 spiro atoms. The van der Waals surface area contributed by atoms with Gasteiger partial charge in [0.05, 0.1) is 0 Å². The Morgan fingerprint density at radius 1 is 1.17 bits per heavy atom. The Labute approximate surface area is 136 Å². The molecule has 1 fully saturated rings. The van der Waals surface area contributed by atoms with E-state index in [2.05, 4.69) is 41.3 Å². The highest BCUT2D eigenvalue weighted by Gasteiger charge is 2.27. The molecule has 0 radical (unpaired) electrons. The van der Waals surface area contributed by atoms with Crippen molar-refractivity contribution in [1.29, 1.82) is 0 Å². The second kappa shape index (κ2) is 5.41. The van der Waals surface area contributed by atoms with Crippen molar-refractivity contribution in [2.75, 3.05) is 18.7 Å². The molecular weight excluding hydrogens is 290 g/mol. The van der Waals surface area contributed by atoms with Crippen LogP contribution in [0.25, 0.3) is 0 Å². The van der Waals surface area contributed by atoms with Crippen molar-refractivity contribution >= 4 is 5.82 Å². The van der Waals surface area contributed by atoms with Crippen molar-refractivity contribution in [3.05, 3.63) is 41.9 Å². The molecule has 0 unspecified atom stereocenters. The summed E-state index contributed by atoms with van der Waals surface area (Å²) in [5.74, 6) is 4.08. The number of hydrogen-bond acceptors (Lipinski definition) is 5. The number of benzene rings is 1. The van der Waals surface area contributed by atoms with Gasteiger partial charge in [-0.1, -0.05) is 19.9 Å². The van der Waals surface area contributed by atoms with Crippen LogP contribution >= 0.6 is 0 Å². The lowest BCUT2D eigenvalue weighted by Crippen LogP contribution is -2.28. The maximum atomic E-state index is 5.48. The standard InChI is InChI=1S/C18H21N3O2/c1-18(2,13-5-6-14-15(9-13)23-11-22-14)10-20-16-7-8-19-17(21-16)12-3-4-12/h5-9,12H,3-4,10-11H2,1-2H3,(H,19,20,21). The largest absolute Gasteiger partial charge is 0.454 e. The minimum Gasteiger partial charge on any atom is -0.454 e. The van der Waals surface area contributed by atoms with Crippen LogP contribution in [0.4, 0.5) is 5.82 Å². The average Bonchev–Trinajstić information content (AvgIpc) is 3.31. The predicted octanol–water partition coefficient (Wildman–Crippen LogP) is 3.47. The van der Waals surface area contributed by atoms with E-state index in [4.69, 9.17) is 9.47 Å². The Morgan fingerprint density at radius 3 is 2.83 bits per heavy atom. The SMILES string of the molecule is CC(C)(CNc1ccnc(C2CC2)n1)c1ccc2c(c1)OCO2. The molecule has 1 N–H and O–H groups in total. The first-order chi connectivity index (χ1) is 11.1. The smallest absolute Gasteiger partial charge is 0.231 e. The molecule has 5 nitrogen and oxygen atoms in total. The van der Waals surface area contributed by atoms with Gasteiger partial charge in [-0.3, -0.25) is 0 Å². The Morgan fingerprint density at radius 2 is 2.00 bits per heavy atom. The lowest BCUT2D eigenvalue weighted by Gasteiger charge is -2.26. The normalized spacial score (nSPS) is 16.4. The number of aromatic nitrogens is 2. The Bertz CT molecular complexity index is 726. The van der Waals surface area contributed by atoms with Gasteiger partial charge < -0.3 is 14.8 Å². The second-order valence-electron chi connectivity index (χ2n) is 6.88. The fourth-order valence-electron chi connectivity index (χ4n) is 2.74. The van der Waals surface area contributed by atoms with E-state index in [1.807, 2.05) is 18.3 Å². The Kier molecular flexibility index (Phi) is 3.36. The van der Waals surface area contributed by atoms with Gasteiger partial charge in [0.1, 0.15) is 11.6 Å². The van der Waals surface area contributed by atoms with Crippen molar-refractivity contribution in [3.8, 4) is 11.5 Å². The van der Waals surface area contributed by atoms with Crippen LogP contribution in [0.2, 0.25) is 0 Å². The summed E-state index contributed by atoms with van der Waals surface area (Å²) in [7, 11) is 0. The molecule has 0 saturated heterocycles. The summed E-state index contributed by atoms with van der Waals surface area (Å²) in [6.07, 6.45) is 4.27. The first-order valence-corrected chi connectivity index (χ1v) is 8.09. The summed E-state index contributed by atoms with van der Waals surface area (Å²) in [4.78, 5) is 8.98. The quantitative estimate of drug-likeness (QED) is 0.916. The van der Waals surface area contributed by atoms with Crippen LogP contribution < -0.4 is 14.8 Å². The van der Waals surface area contributed by atoms with Crippen molar-refractivity contribution in [1.82, 2.24) is 9.97 Å². The highest BCUT2D eigenvalue weighted by atomic mass is 16.7. The topological polar surface area (TPSA) is 56.3 Å². The summed E-state index contributed by atoms with van der Waals surface area (Å²) < 4.78 is 10.9. The van der Waals surface area contributed by atoms with Gasteiger partial charge in [-0.15, -0.1) is 0 Å². The zero-order chi connectivity index (χ0) is 15.9. The van der Waals surface area contributed by atoms with E-state index in [9.17, 15) is 0 Å². The number of rotatable bonds is 5. The zero-order valence-electron chi connectivity index (χ0n) is 13.5. The summed E-state index contributed by atoms with van der Waals surface area (Å²) in [5.41, 5.74) is 1.16. The van der Waals surface area contributed by atoms with Crippen LogP contribution in [0.15, 0.2) is 30.5 Å². The van der Waals surface area contributed by atoms with Gasteiger partial charge in [-0.25, -0.2) is 9.97 Å². The van der Waals surface area contributed by atoms with Crippen LogP contribution in [0.3, 0.4) is 0 Å². The minimum atomic E-state index is -0.0499. The van der Waals surface area contributed by atoms with Gasteiger partial charge in [0.15, 0.2) is 11.5 Å². The summed E-state index contributed by atoms with van der Waals surface area (Å²) in [6, 6.07) is 8.08. The first kappa shape index (κ1) is 14.3. The molecule has 1 saturated carbocycles. The molecule has 120 valence electrons. The Hall–Kier alpha value is -2.30.